The summed E-state index contributed by atoms with van der Waals surface area (Å²) >= 11 is 0. The van der Waals surface area contributed by atoms with Gasteiger partial charge in [0.05, 0.1) is 0 Å². The lowest BCUT2D eigenvalue weighted by Crippen LogP contribution is -2.11. The molecule has 0 aromatic carbocycles. The van der Waals surface area contributed by atoms with Crippen molar-refractivity contribution in [3.05, 3.63) is 0 Å². The molecule has 0 aliphatic carbocycles. The van der Waals surface area contributed by atoms with Gasteiger partial charge in [-0.1, -0.05) is 6.92 Å². The lowest BCUT2D eigenvalue weighted by atomic mass is 10.7. The third-order valence-corrected chi connectivity index (χ3v) is 0.500. The number of rotatable bonds is 3. The average molecular weight is 225 g/mol. The zero-order valence-electron chi connectivity index (χ0n) is 9.99. The highest BCUT2D eigenvalue weighted by Crippen LogP contribution is 1.25. The van der Waals surface area contributed by atoms with E-state index in [-0.39, 0.29) is 0 Å². The number of nitrogens with two attached hydrogens (primary N) is 7. The van der Waals surface area contributed by atoms with E-state index in [4.69, 9.17) is 40.1 Å². The first-order chi connectivity index (χ1) is 7.16. The summed E-state index contributed by atoms with van der Waals surface area (Å²) in [4.78, 5) is 0. The summed E-state index contributed by atoms with van der Waals surface area (Å²) in [6.45, 7) is 6.24. The van der Waals surface area contributed by atoms with Gasteiger partial charge in [-0.2, -0.15) is 0 Å². The molecule has 0 spiro atoms. The van der Waals surface area contributed by atoms with Crippen LogP contribution in [-0.4, -0.2) is 45.8 Å². The van der Waals surface area contributed by atoms with Crippen LogP contribution in [0.15, 0.2) is 0 Å². The molecule has 14 N–H and O–H groups in total. The van der Waals surface area contributed by atoms with Gasteiger partial charge in [-0.3, -0.25) is 0 Å². The predicted octanol–water partition coefficient (Wildman–Crippen LogP) is -3.32. The van der Waals surface area contributed by atoms with Gasteiger partial charge in [0, 0.05) is 39.3 Å². The minimum atomic E-state index is 0.597. The van der Waals surface area contributed by atoms with Gasteiger partial charge in [0.1, 0.15) is 0 Å². The number of hydrogen-bond donors (Lipinski definition) is 7. The van der Waals surface area contributed by atoms with E-state index >= 15 is 0 Å². The van der Waals surface area contributed by atoms with E-state index in [2.05, 4.69) is 0 Å². The zero-order valence-corrected chi connectivity index (χ0v) is 9.99. The highest BCUT2D eigenvalue weighted by atomic mass is 14.6. The molecule has 0 heterocycles. The van der Waals surface area contributed by atoms with Crippen LogP contribution in [0, 0.1) is 0 Å². The maximum atomic E-state index is 4.90. The van der Waals surface area contributed by atoms with Crippen molar-refractivity contribution in [2.45, 2.75) is 6.92 Å². The van der Waals surface area contributed by atoms with Crippen LogP contribution in [0.25, 0.3) is 0 Å². The van der Waals surface area contributed by atoms with Crippen LogP contribution in [0.5, 0.6) is 0 Å². The van der Waals surface area contributed by atoms with Gasteiger partial charge in [0.15, 0.2) is 0 Å². The van der Waals surface area contributed by atoms with Crippen LogP contribution in [0.4, 0.5) is 0 Å². The highest BCUT2D eigenvalue weighted by Gasteiger charge is 1.55. The monoisotopic (exact) mass is 225 g/mol. The summed E-state index contributed by atoms with van der Waals surface area (Å²) in [5.41, 5.74) is 34.3. The van der Waals surface area contributed by atoms with E-state index in [1.54, 1.807) is 0 Å². The molecule has 0 aliphatic heterocycles. The molecule has 0 rings (SSSR count). The van der Waals surface area contributed by atoms with Gasteiger partial charge in [-0.25, -0.2) is 0 Å². The Labute approximate surface area is 93.7 Å². The molecule has 0 unspecified atom stereocenters. The van der Waals surface area contributed by atoms with Crippen molar-refractivity contribution < 1.29 is 0 Å². The lowest BCUT2D eigenvalue weighted by Gasteiger charge is -1.72. The second kappa shape index (κ2) is 49.2. The minimum absolute atomic E-state index is 0.597. The van der Waals surface area contributed by atoms with Crippen molar-refractivity contribution in [3.8, 4) is 0 Å². The van der Waals surface area contributed by atoms with Crippen LogP contribution in [0.2, 0.25) is 0 Å². The van der Waals surface area contributed by atoms with Crippen molar-refractivity contribution in [2.24, 2.45) is 40.1 Å². The summed E-state index contributed by atoms with van der Waals surface area (Å²) < 4.78 is 0. The Kier molecular flexibility index (Phi) is 79.0. The fraction of sp³-hybridized carbons (Fsp3) is 1.00. The Hall–Kier alpha value is -0.280. The van der Waals surface area contributed by atoms with Gasteiger partial charge in [-0.05, 0) is 6.54 Å². The van der Waals surface area contributed by atoms with Gasteiger partial charge < -0.3 is 40.1 Å². The van der Waals surface area contributed by atoms with Gasteiger partial charge in [0.2, 0.25) is 0 Å². The van der Waals surface area contributed by atoms with Crippen LogP contribution in [0.1, 0.15) is 6.92 Å². The van der Waals surface area contributed by atoms with Crippen molar-refractivity contribution >= 4 is 0 Å². The van der Waals surface area contributed by atoms with Crippen molar-refractivity contribution in [2.75, 3.05) is 45.8 Å². The van der Waals surface area contributed by atoms with Gasteiger partial charge >= 0.3 is 0 Å². The molecule has 0 saturated carbocycles. The van der Waals surface area contributed by atoms with Crippen molar-refractivity contribution in [1.82, 2.24) is 0 Å². The Balaban J connectivity index is -0.0000000542. The van der Waals surface area contributed by atoms with E-state index in [0.29, 0.717) is 39.3 Å². The van der Waals surface area contributed by atoms with Crippen LogP contribution < -0.4 is 40.1 Å². The quantitative estimate of drug-likeness (QED) is 0.262. The molecule has 0 atom stereocenters. The van der Waals surface area contributed by atoms with Crippen LogP contribution in [0.3, 0.4) is 0 Å². The molecule has 0 radical (unpaired) electrons. The molecule has 0 aromatic rings. The van der Waals surface area contributed by atoms with Gasteiger partial charge in [-0.15, -0.1) is 0 Å². The van der Waals surface area contributed by atoms with E-state index in [1.807, 2.05) is 6.92 Å². The molecule has 0 saturated heterocycles. The lowest BCUT2D eigenvalue weighted by molar-refractivity contribution is 0.976. The van der Waals surface area contributed by atoms with Crippen LogP contribution in [-0.2, 0) is 0 Å². The molecule has 7 heteroatoms. The standard InChI is InChI=1S/3C2H8N2.C2H7N/c3*3-1-2-4;1-2-3/h3*1-4H2;2-3H2,1H3. The molecule has 15 heavy (non-hydrogen) atoms. The summed E-state index contributed by atoms with van der Waals surface area (Å²) in [6.07, 6.45) is 0. The third kappa shape index (κ3) is 255. The second-order valence-corrected chi connectivity index (χ2v) is 2.14. The van der Waals surface area contributed by atoms with E-state index in [0.717, 1.165) is 6.54 Å². The first-order valence-electron chi connectivity index (χ1n) is 5.06. The molecule has 0 fully saturated rings. The average Bonchev–Trinajstić information content (AvgIpc) is 2.30. The van der Waals surface area contributed by atoms with E-state index in [9.17, 15) is 0 Å². The molecule has 0 amide bonds. The Morgan fingerprint density at radius 2 is 0.533 bits per heavy atom. The largest absolute Gasteiger partial charge is 0.331 e. The second-order valence-electron chi connectivity index (χ2n) is 2.14. The molecule has 7 nitrogen and oxygen atoms in total. The summed E-state index contributed by atoms with van der Waals surface area (Å²) in [7, 11) is 0. The third-order valence-electron chi connectivity index (χ3n) is 0.500. The Bertz CT molecular complexity index is 38.7. The summed E-state index contributed by atoms with van der Waals surface area (Å²) in [5.74, 6) is 0. The smallest absolute Gasteiger partial charge is 0.00461 e. The Morgan fingerprint density at radius 3 is 0.533 bits per heavy atom. The minimum Gasteiger partial charge on any atom is -0.331 e. The summed E-state index contributed by atoms with van der Waals surface area (Å²) in [5, 5.41) is 0. The fourth-order valence-corrected chi connectivity index (χ4v) is 0. The normalized spacial score (nSPS) is 7.20. The first-order valence-corrected chi connectivity index (χ1v) is 5.06. The maximum Gasteiger partial charge on any atom is 0.00461 e. The summed E-state index contributed by atoms with van der Waals surface area (Å²) in [6, 6.07) is 0. The fourth-order valence-electron chi connectivity index (χ4n) is 0. The maximum absolute atomic E-state index is 4.90. The molecular weight excluding hydrogens is 194 g/mol. The number of hydrogen-bond acceptors (Lipinski definition) is 7. The van der Waals surface area contributed by atoms with Crippen molar-refractivity contribution in [3.63, 3.8) is 0 Å². The topological polar surface area (TPSA) is 182 Å². The Morgan fingerprint density at radius 1 is 0.467 bits per heavy atom. The molecule has 0 aromatic heterocycles. The van der Waals surface area contributed by atoms with E-state index < -0.39 is 0 Å². The van der Waals surface area contributed by atoms with Crippen molar-refractivity contribution in [1.29, 1.82) is 0 Å². The SMILES string of the molecule is CCN.NCCN.NCCN.NCCN. The zero-order chi connectivity index (χ0) is 12.9. The van der Waals surface area contributed by atoms with Crippen LogP contribution >= 0.6 is 0 Å². The molecular formula is C8H31N7. The molecule has 98 valence electrons. The predicted molar refractivity (Wildman–Crippen MR) is 69.1 cm³/mol. The highest BCUT2D eigenvalue weighted by molar-refractivity contribution is 4.26. The molecule has 0 bridgehead atoms. The molecule has 0 aliphatic rings. The first kappa shape index (κ1) is 24.1. The van der Waals surface area contributed by atoms with E-state index in [1.165, 1.54) is 0 Å². The van der Waals surface area contributed by atoms with Gasteiger partial charge in [0.25, 0.3) is 0 Å².